The van der Waals surface area contributed by atoms with Gasteiger partial charge >= 0.3 is 0 Å². The van der Waals surface area contributed by atoms with Crippen molar-refractivity contribution >= 4 is 0 Å². The maximum atomic E-state index is 14.1. The Hall–Kier alpha value is -2.89. The Kier molecular flexibility index (Phi) is 5.97. The summed E-state index contributed by atoms with van der Waals surface area (Å²) >= 11 is 0. The van der Waals surface area contributed by atoms with Crippen molar-refractivity contribution in [1.29, 1.82) is 0 Å². The molecule has 0 amide bonds. The molecular weight excluding hydrogens is 375 g/mol. The van der Waals surface area contributed by atoms with Gasteiger partial charge in [0.1, 0.15) is 6.61 Å². The quantitative estimate of drug-likeness (QED) is 0.340. The molecule has 0 bridgehead atoms. The third-order valence-electron chi connectivity index (χ3n) is 4.25. The maximum absolute atomic E-state index is 14.1. The van der Waals surface area contributed by atoms with Gasteiger partial charge in [-0.05, 0) is 52.9 Å². The smallest absolute Gasteiger partial charge is 0.194 e. The van der Waals surface area contributed by atoms with Gasteiger partial charge in [-0.15, -0.1) is 0 Å². The first kappa shape index (κ1) is 19.9. The molecule has 0 heterocycles. The van der Waals surface area contributed by atoms with E-state index < -0.39 is 34.8 Å². The number of hydrogen-bond acceptors (Lipinski definition) is 1. The van der Waals surface area contributed by atoms with Crippen molar-refractivity contribution < 1.29 is 26.7 Å². The van der Waals surface area contributed by atoms with E-state index in [0.717, 1.165) is 18.6 Å². The molecule has 0 radical (unpaired) electrons. The van der Waals surface area contributed by atoms with Crippen molar-refractivity contribution in [1.82, 2.24) is 0 Å². The van der Waals surface area contributed by atoms with Crippen LogP contribution >= 0.6 is 0 Å². The number of benzene rings is 3. The summed E-state index contributed by atoms with van der Waals surface area (Å²) in [4.78, 5) is 0. The Morgan fingerprint density at radius 2 is 1.25 bits per heavy atom. The number of halogens is 5. The molecule has 0 aromatic heterocycles. The van der Waals surface area contributed by atoms with Crippen molar-refractivity contribution in [2.75, 3.05) is 0 Å². The topological polar surface area (TPSA) is 9.23 Å². The van der Waals surface area contributed by atoms with Gasteiger partial charge in [0, 0.05) is 0 Å². The molecule has 0 saturated heterocycles. The molecule has 0 aliphatic rings. The standard InChI is InChI=1S/C22H17F5O/c1-2-3-14-8-19(25)22(20(26)9-14)28-12-13-4-6-15(7-5-13)16-10-17(23)21(27)18(24)11-16/h4-11H,2-3,12H2,1H3. The van der Waals surface area contributed by atoms with Gasteiger partial charge < -0.3 is 4.74 Å². The van der Waals surface area contributed by atoms with E-state index in [4.69, 9.17) is 4.74 Å². The summed E-state index contributed by atoms with van der Waals surface area (Å²) in [5, 5.41) is 0. The van der Waals surface area contributed by atoms with Crippen LogP contribution in [-0.2, 0) is 13.0 Å². The summed E-state index contributed by atoms with van der Waals surface area (Å²) in [6.45, 7) is 1.83. The molecule has 0 fully saturated rings. The second kappa shape index (κ2) is 8.42. The molecule has 0 aliphatic carbocycles. The zero-order valence-corrected chi connectivity index (χ0v) is 15.0. The molecule has 0 unspecified atom stereocenters. The summed E-state index contributed by atoms with van der Waals surface area (Å²) < 4.78 is 73.2. The maximum Gasteiger partial charge on any atom is 0.194 e. The molecule has 3 rings (SSSR count). The van der Waals surface area contributed by atoms with Crippen LogP contribution in [0.5, 0.6) is 5.75 Å². The summed E-state index contributed by atoms with van der Waals surface area (Å²) in [5.74, 6) is -6.07. The number of hydrogen-bond donors (Lipinski definition) is 0. The first-order chi connectivity index (χ1) is 13.4. The lowest BCUT2D eigenvalue weighted by molar-refractivity contribution is 0.274. The van der Waals surface area contributed by atoms with Crippen LogP contribution in [0.25, 0.3) is 11.1 Å². The Morgan fingerprint density at radius 1 is 0.679 bits per heavy atom. The number of ether oxygens (including phenoxy) is 1. The van der Waals surface area contributed by atoms with Crippen molar-refractivity contribution in [3.63, 3.8) is 0 Å². The highest BCUT2D eigenvalue weighted by Crippen LogP contribution is 2.27. The highest BCUT2D eigenvalue weighted by molar-refractivity contribution is 5.63. The lowest BCUT2D eigenvalue weighted by Gasteiger charge is -2.11. The molecule has 6 heteroatoms. The van der Waals surface area contributed by atoms with Crippen LogP contribution in [0, 0.1) is 29.1 Å². The van der Waals surface area contributed by atoms with Crippen LogP contribution in [0.2, 0.25) is 0 Å². The minimum Gasteiger partial charge on any atom is -0.483 e. The van der Waals surface area contributed by atoms with E-state index in [0.29, 0.717) is 23.1 Å². The average Bonchev–Trinajstić information content (AvgIpc) is 2.66. The molecule has 1 nitrogen and oxygen atoms in total. The first-order valence-electron chi connectivity index (χ1n) is 8.73. The van der Waals surface area contributed by atoms with E-state index >= 15 is 0 Å². The summed E-state index contributed by atoms with van der Waals surface area (Å²) in [5.41, 5.74) is 1.80. The van der Waals surface area contributed by atoms with Gasteiger partial charge in [-0.1, -0.05) is 37.6 Å². The summed E-state index contributed by atoms with van der Waals surface area (Å²) in [7, 11) is 0. The first-order valence-corrected chi connectivity index (χ1v) is 8.73. The van der Waals surface area contributed by atoms with Crippen LogP contribution in [-0.4, -0.2) is 0 Å². The van der Waals surface area contributed by atoms with Crippen LogP contribution < -0.4 is 4.74 Å². The Balaban J connectivity index is 1.73. The molecule has 0 aliphatic heterocycles. The van der Waals surface area contributed by atoms with Crippen LogP contribution in [0.15, 0.2) is 48.5 Å². The molecule has 3 aromatic rings. The second-order valence-corrected chi connectivity index (χ2v) is 6.38. The molecule has 28 heavy (non-hydrogen) atoms. The fraction of sp³-hybridized carbons (Fsp3) is 0.182. The van der Waals surface area contributed by atoms with Gasteiger partial charge in [-0.25, -0.2) is 22.0 Å². The third-order valence-corrected chi connectivity index (χ3v) is 4.25. The van der Waals surface area contributed by atoms with Gasteiger partial charge in [-0.2, -0.15) is 0 Å². The van der Waals surface area contributed by atoms with E-state index in [1.807, 2.05) is 6.92 Å². The summed E-state index contributed by atoms with van der Waals surface area (Å²) in [6.07, 6.45) is 1.34. The lowest BCUT2D eigenvalue weighted by atomic mass is 10.0. The van der Waals surface area contributed by atoms with Gasteiger partial charge in [0.25, 0.3) is 0 Å². The van der Waals surface area contributed by atoms with Crippen molar-refractivity contribution in [3.05, 3.63) is 88.7 Å². The van der Waals surface area contributed by atoms with E-state index in [-0.39, 0.29) is 12.2 Å². The highest BCUT2D eigenvalue weighted by Gasteiger charge is 2.14. The summed E-state index contributed by atoms with van der Waals surface area (Å²) in [6, 6.07) is 10.6. The average molecular weight is 392 g/mol. The molecule has 0 spiro atoms. The molecule has 0 atom stereocenters. The monoisotopic (exact) mass is 392 g/mol. The van der Waals surface area contributed by atoms with Crippen LogP contribution in [0.1, 0.15) is 24.5 Å². The molecule has 0 saturated carbocycles. The van der Waals surface area contributed by atoms with Gasteiger partial charge in [0.2, 0.25) is 0 Å². The predicted octanol–water partition coefficient (Wildman–Crippen LogP) is 6.58. The minimum atomic E-state index is -1.53. The van der Waals surface area contributed by atoms with E-state index in [9.17, 15) is 22.0 Å². The van der Waals surface area contributed by atoms with Crippen molar-refractivity contribution in [3.8, 4) is 16.9 Å². The molecule has 3 aromatic carbocycles. The predicted molar refractivity (Wildman–Crippen MR) is 96.4 cm³/mol. The zero-order chi connectivity index (χ0) is 20.3. The van der Waals surface area contributed by atoms with Gasteiger partial charge in [0.15, 0.2) is 34.8 Å². The Labute approximate surface area is 159 Å². The third kappa shape index (κ3) is 4.32. The normalized spacial score (nSPS) is 10.9. The Morgan fingerprint density at radius 3 is 1.79 bits per heavy atom. The largest absolute Gasteiger partial charge is 0.483 e. The van der Waals surface area contributed by atoms with Crippen molar-refractivity contribution in [2.24, 2.45) is 0 Å². The second-order valence-electron chi connectivity index (χ2n) is 6.38. The van der Waals surface area contributed by atoms with E-state index in [2.05, 4.69) is 0 Å². The van der Waals surface area contributed by atoms with Crippen molar-refractivity contribution in [2.45, 2.75) is 26.4 Å². The molecule has 0 N–H and O–H groups in total. The number of aryl methyl sites for hydroxylation is 1. The van der Waals surface area contributed by atoms with Crippen LogP contribution in [0.4, 0.5) is 22.0 Å². The van der Waals surface area contributed by atoms with E-state index in [1.165, 1.54) is 12.1 Å². The minimum absolute atomic E-state index is 0.0899. The SMILES string of the molecule is CCCc1cc(F)c(OCc2ccc(-c3cc(F)c(F)c(F)c3)cc2)c(F)c1. The van der Waals surface area contributed by atoms with Crippen LogP contribution in [0.3, 0.4) is 0 Å². The molecular formula is C22H17F5O. The van der Waals surface area contributed by atoms with Gasteiger partial charge in [-0.3, -0.25) is 0 Å². The number of rotatable bonds is 6. The lowest BCUT2D eigenvalue weighted by Crippen LogP contribution is -2.01. The molecule has 146 valence electrons. The highest BCUT2D eigenvalue weighted by atomic mass is 19.2. The zero-order valence-electron chi connectivity index (χ0n) is 15.0. The van der Waals surface area contributed by atoms with Gasteiger partial charge in [0.05, 0.1) is 0 Å². The fourth-order valence-electron chi connectivity index (χ4n) is 2.85. The fourth-order valence-corrected chi connectivity index (χ4v) is 2.85. The van der Waals surface area contributed by atoms with E-state index in [1.54, 1.807) is 24.3 Å². The Bertz CT molecular complexity index is 937.